The summed E-state index contributed by atoms with van der Waals surface area (Å²) in [6.07, 6.45) is -9.82. The van der Waals surface area contributed by atoms with Gasteiger partial charge in [0.1, 0.15) is 12.5 Å². The molecule has 1 aromatic rings. The summed E-state index contributed by atoms with van der Waals surface area (Å²) in [7, 11) is 1.30. The fourth-order valence-electron chi connectivity index (χ4n) is 2.00. The molecule has 0 amide bonds. The molecule has 0 N–H and O–H groups in total. The average molecular weight is 344 g/mol. The highest BCUT2D eigenvalue weighted by Crippen LogP contribution is 2.36. The topological polar surface area (TPSA) is 15.6 Å². The van der Waals surface area contributed by atoms with Crippen LogP contribution in [0.4, 0.5) is 30.7 Å². The molecule has 0 atom stereocenters. The van der Waals surface area contributed by atoms with Crippen LogP contribution in [0, 0.1) is 0 Å². The Kier molecular flexibility index (Phi) is 6.01. The Morgan fingerprint density at radius 3 is 1.78 bits per heavy atom. The van der Waals surface area contributed by atoms with Crippen LogP contribution in [-0.2, 0) is 18.9 Å². The summed E-state index contributed by atoms with van der Waals surface area (Å²) >= 11 is 0. The highest BCUT2D eigenvalue weighted by molar-refractivity contribution is 5.83. The van der Waals surface area contributed by atoms with Crippen molar-refractivity contribution < 1.29 is 30.7 Å². The first-order chi connectivity index (χ1) is 10.5. The van der Waals surface area contributed by atoms with Crippen molar-refractivity contribution >= 4 is 5.84 Å². The van der Waals surface area contributed by atoms with Crippen molar-refractivity contribution in [3.05, 3.63) is 34.9 Å². The molecule has 2 nitrogen and oxygen atoms in total. The summed E-state index contributed by atoms with van der Waals surface area (Å²) < 4.78 is 89.5. The van der Waals surface area contributed by atoms with Gasteiger partial charge in [0.2, 0.25) is 0 Å². The Labute approximate surface area is 128 Å². The van der Waals surface area contributed by atoms with Gasteiger partial charge in [0.15, 0.2) is 0 Å². The van der Waals surface area contributed by atoms with Crippen molar-refractivity contribution in [2.75, 3.05) is 20.3 Å². The van der Waals surface area contributed by atoms with Gasteiger partial charge in [0.05, 0.1) is 11.1 Å². The molecular formula is C14H15F7N2. The normalized spacial score (nSPS) is 13.3. The van der Waals surface area contributed by atoms with E-state index < -0.39 is 30.2 Å². The van der Waals surface area contributed by atoms with Crippen LogP contribution in [0.3, 0.4) is 0 Å². The fourth-order valence-corrected chi connectivity index (χ4v) is 2.00. The lowest BCUT2D eigenvalue weighted by molar-refractivity contribution is -0.143. The zero-order chi connectivity index (χ0) is 17.8. The van der Waals surface area contributed by atoms with Crippen molar-refractivity contribution in [2.45, 2.75) is 25.8 Å². The van der Waals surface area contributed by atoms with Gasteiger partial charge in [-0.1, -0.05) is 0 Å². The zero-order valence-electron chi connectivity index (χ0n) is 12.4. The molecule has 23 heavy (non-hydrogen) atoms. The molecule has 0 aliphatic carbocycles. The SMILES string of the molecule is CCN(Cc1cc(C(F)(F)F)cc(C(F)(F)F)c1)C(CF)=NC. The highest BCUT2D eigenvalue weighted by atomic mass is 19.4. The molecule has 0 aliphatic rings. The third-order valence-electron chi connectivity index (χ3n) is 3.15. The van der Waals surface area contributed by atoms with E-state index in [9.17, 15) is 30.7 Å². The molecule has 1 aromatic carbocycles. The van der Waals surface area contributed by atoms with E-state index in [0.29, 0.717) is 12.1 Å². The first-order valence-corrected chi connectivity index (χ1v) is 6.57. The van der Waals surface area contributed by atoms with Crippen molar-refractivity contribution in [1.82, 2.24) is 4.90 Å². The van der Waals surface area contributed by atoms with E-state index in [-0.39, 0.29) is 30.6 Å². The molecule has 0 fully saturated rings. The summed E-state index contributed by atoms with van der Waals surface area (Å²) in [6.45, 7) is 0.517. The van der Waals surface area contributed by atoms with Gasteiger partial charge < -0.3 is 4.90 Å². The molecule has 0 radical (unpaired) electrons. The lowest BCUT2D eigenvalue weighted by Crippen LogP contribution is -2.32. The number of aliphatic imine (C=N–C) groups is 1. The molecule has 0 aliphatic heterocycles. The second-order valence-electron chi connectivity index (χ2n) is 4.70. The number of rotatable bonds is 4. The van der Waals surface area contributed by atoms with E-state index >= 15 is 0 Å². The van der Waals surface area contributed by atoms with Crippen LogP contribution in [0.2, 0.25) is 0 Å². The Bertz CT molecular complexity index is 529. The van der Waals surface area contributed by atoms with Crippen molar-refractivity contribution in [3.63, 3.8) is 0 Å². The highest BCUT2D eigenvalue weighted by Gasteiger charge is 2.37. The molecular weight excluding hydrogens is 329 g/mol. The molecule has 1 rings (SSSR count). The van der Waals surface area contributed by atoms with Gasteiger partial charge in [0.25, 0.3) is 0 Å². The standard InChI is InChI=1S/C14H15F7N2/c1-3-23(12(7-15)22-2)8-9-4-10(13(16,17)18)6-11(5-9)14(19,20)21/h4-6H,3,7-8H2,1-2H3. The van der Waals surface area contributed by atoms with Crippen LogP contribution in [0.25, 0.3) is 0 Å². The minimum absolute atomic E-state index is 0.0431. The Morgan fingerprint density at radius 2 is 1.48 bits per heavy atom. The quantitative estimate of drug-likeness (QED) is 0.445. The monoisotopic (exact) mass is 344 g/mol. The molecule has 0 bridgehead atoms. The number of hydrogen-bond acceptors (Lipinski definition) is 1. The smallest absolute Gasteiger partial charge is 0.354 e. The van der Waals surface area contributed by atoms with Crippen LogP contribution in [-0.4, -0.2) is 31.0 Å². The molecule has 9 heteroatoms. The van der Waals surface area contributed by atoms with Crippen LogP contribution < -0.4 is 0 Å². The van der Waals surface area contributed by atoms with E-state index in [2.05, 4.69) is 4.99 Å². The molecule has 0 aromatic heterocycles. The summed E-state index contributed by atoms with van der Waals surface area (Å²) in [5.41, 5.74) is -3.01. The van der Waals surface area contributed by atoms with Crippen molar-refractivity contribution in [3.8, 4) is 0 Å². The fraction of sp³-hybridized carbons (Fsp3) is 0.500. The molecule has 0 saturated carbocycles. The van der Waals surface area contributed by atoms with Gasteiger partial charge >= 0.3 is 12.4 Å². The van der Waals surface area contributed by atoms with Crippen LogP contribution in [0.15, 0.2) is 23.2 Å². The van der Waals surface area contributed by atoms with Gasteiger partial charge in [-0.25, -0.2) is 4.39 Å². The largest absolute Gasteiger partial charge is 0.416 e. The van der Waals surface area contributed by atoms with E-state index in [1.54, 1.807) is 6.92 Å². The van der Waals surface area contributed by atoms with Gasteiger partial charge in [0, 0.05) is 20.1 Å². The predicted octanol–water partition coefficient (Wildman–Crippen LogP) is 4.54. The summed E-state index contributed by atoms with van der Waals surface area (Å²) in [6, 6.07) is 1.32. The summed E-state index contributed by atoms with van der Waals surface area (Å²) in [4.78, 5) is 4.91. The number of nitrogens with zero attached hydrogens (tertiary/aromatic N) is 2. The van der Waals surface area contributed by atoms with Gasteiger partial charge in [-0.15, -0.1) is 0 Å². The van der Waals surface area contributed by atoms with Crippen LogP contribution >= 0.6 is 0 Å². The molecule has 0 spiro atoms. The number of hydrogen-bond donors (Lipinski definition) is 0. The third-order valence-corrected chi connectivity index (χ3v) is 3.15. The Hall–Kier alpha value is -1.80. The number of benzene rings is 1. The van der Waals surface area contributed by atoms with E-state index in [1.807, 2.05) is 0 Å². The zero-order valence-corrected chi connectivity index (χ0v) is 12.4. The second kappa shape index (κ2) is 7.18. The first-order valence-electron chi connectivity index (χ1n) is 6.57. The third kappa shape index (κ3) is 5.11. The number of amidine groups is 1. The molecule has 0 saturated heterocycles. The van der Waals surface area contributed by atoms with Crippen LogP contribution in [0.5, 0.6) is 0 Å². The summed E-state index contributed by atoms with van der Waals surface area (Å²) in [5.74, 6) is -0.0431. The van der Waals surface area contributed by atoms with Crippen LogP contribution in [0.1, 0.15) is 23.6 Å². The average Bonchev–Trinajstić information content (AvgIpc) is 2.45. The molecule has 0 heterocycles. The number of alkyl halides is 7. The van der Waals surface area contributed by atoms with Gasteiger partial charge in [-0.05, 0) is 30.7 Å². The van der Waals surface area contributed by atoms with E-state index in [1.165, 1.54) is 11.9 Å². The van der Waals surface area contributed by atoms with E-state index in [4.69, 9.17) is 0 Å². The minimum atomic E-state index is -4.91. The van der Waals surface area contributed by atoms with Gasteiger partial charge in [-0.2, -0.15) is 26.3 Å². The maximum atomic E-state index is 12.8. The van der Waals surface area contributed by atoms with Crippen molar-refractivity contribution in [1.29, 1.82) is 0 Å². The number of halogens is 7. The van der Waals surface area contributed by atoms with Gasteiger partial charge in [-0.3, -0.25) is 4.99 Å². The lowest BCUT2D eigenvalue weighted by Gasteiger charge is -2.24. The first kappa shape index (κ1) is 19.2. The molecule has 130 valence electrons. The lowest BCUT2D eigenvalue weighted by atomic mass is 10.0. The van der Waals surface area contributed by atoms with E-state index in [0.717, 1.165) is 0 Å². The molecule has 0 unspecified atom stereocenters. The maximum absolute atomic E-state index is 12.8. The Morgan fingerprint density at radius 1 is 1.00 bits per heavy atom. The maximum Gasteiger partial charge on any atom is 0.416 e. The summed E-state index contributed by atoms with van der Waals surface area (Å²) in [5, 5.41) is 0. The van der Waals surface area contributed by atoms with Crippen molar-refractivity contribution in [2.24, 2.45) is 4.99 Å². The Balaban J connectivity index is 3.30. The second-order valence-corrected chi connectivity index (χ2v) is 4.70. The predicted molar refractivity (Wildman–Crippen MR) is 71.9 cm³/mol. The minimum Gasteiger partial charge on any atom is -0.354 e.